The van der Waals surface area contributed by atoms with E-state index >= 15 is 0 Å². The van der Waals surface area contributed by atoms with Crippen molar-refractivity contribution in [1.29, 1.82) is 5.26 Å². The summed E-state index contributed by atoms with van der Waals surface area (Å²) in [6, 6.07) is 5.44. The largest absolute Gasteiger partial charge is 0.344 e. The van der Waals surface area contributed by atoms with Gasteiger partial charge in [0.2, 0.25) is 0 Å². The molecule has 0 saturated carbocycles. The molecule has 0 aliphatic carbocycles. The molecule has 2 aromatic rings. The first-order valence-corrected chi connectivity index (χ1v) is 6.62. The van der Waals surface area contributed by atoms with E-state index in [-0.39, 0.29) is 11.7 Å². The Labute approximate surface area is 124 Å². The van der Waals surface area contributed by atoms with Gasteiger partial charge in [0.25, 0.3) is 0 Å². The van der Waals surface area contributed by atoms with E-state index in [2.05, 4.69) is 26.0 Å². The summed E-state index contributed by atoms with van der Waals surface area (Å²) in [6.45, 7) is 0. The molecule has 2 heterocycles. The van der Waals surface area contributed by atoms with Crippen molar-refractivity contribution >= 4 is 22.0 Å². The van der Waals surface area contributed by atoms with Gasteiger partial charge in [-0.25, -0.2) is 9.78 Å². The molecule has 0 saturated heterocycles. The van der Waals surface area contributed by atoms with Gasteiger partial charge in [-0.05, 0) is 27.6 Å². The van der Waals surface area contributed by atoms with Crippen LogP contribution >= 0.6 is 15.9 Å². The fraction of sp³-hybridized carbons (Fsp3) is 0.231. The first-order valence-electron chi connectivity index (χ1n) is 5.82. The fourth-order valence-corrected chi connectivity index (χ4v) is 2.08. The van der Waals surface area contributed by atoms with E-state index in [1.54, 1.807) is 26.5 Å². The van der Waals surface area contributed by atoms with Crippen LogP contribution in [0.4, 0.5) is 4.79 Å². The Balaban J connectivity index is 2.35. The molecule has 0 N–H and O–H groups in total. The first-order chi connectivity index (χ1) is 9.52. The molecule has 0 radical (unpaired) electrons. The number of hydrogen-bond donors (Lipinski definition) is 0. The van der Waals surface area contributed by atoms with Gasteiger partial charge in [0.1, 0.15) is 10.7 Å². The van der Waals surface area contributed by atoms with Crippen molar-refractivity contribution in [3.8, 4) is 6.07 Å². The van der Waals surface area contributed by atoms with Crippen LogP contribution in [0.15, 0.2) is 29.1 Å². The van der Waals surface area contributed by atoms with Gasteiger partial charge in [0, 0.05) is 38.5 Å². The molecule has 2 rings (SSSR count). The maximum Gasteiger partial charge on any atom is 0.344 e. The maximum atomic E-state index is 11.8. The summed E-state index contributed by atoms with van der Waals surface area (Å²) < 4.78 is 1.90. The minimum absolute atomic E-state index is 0.246. The third kappa shape index (κ3) is 2.86. The molecular formula is C13H12BrN5O. The van der Waals surface area contributed by atoms with Crippen LogP contribution in [-0.4, -0.2) is 39.8 Å². The first kappa shape index (κ1) is 14.2. The van der Waals surface area contributed by atoms with Crippen molar-refractivity contribution in [2.24, 2.45) is 0 Å². The second-order valence-corrected chi connectivity index (χ2v) is 5.12. The van der Waals surface area contributed by atoms with Gasteiger partial charge in [-0.2, -0.15) is 15.0 Å². The van der Waals surface area contributed by atoms with Crippen molar-refractivity contribution in [2.45, 2.75) is 6.42 Å². The standard InChI is InChI=1S/C13H12BrN5O/c1-18(2)13(20)19-8-10(11(7-15)17-19)6-9-4-3-5-16-12(9)14/h3-5,8H,6H2,1-2H3. The van der Waals surface area contributed by atoms with E-state index in [9.17, 15) is 4.79 Å². The van der Waals surface area contributed by atoms with Crippen LogP contribution in [0, 0.1) is 11.3 Å². The van der Waals surface area contributed by atoms with Crippen LogP contribution in [0.3, 0.4) is 0 Å². The molecule has 6 nitrogen and oxygen atoms in total. The lowest BCUT2D eigenvalue weighted by atomic mass is 10.1. The van der Waals surface area contributed by atoms with Crippen molar-refractivity contribution in [2.75, 3.05) is 14.1 Å². The second kappa shape index (κ2) is 5.84. The van der Waals surface area contributed by atoms with Gasteiger partial charge < -0.3 is 4.90 Å². The van der Waals surface area contributed by atoms with E-state index in [4.69, 9.17) is 5.26 Å². The highest BCUT2D eigenvalue weighted by molar-refractivity contribution is 9.10. The van der Waals surface area contributed by atoms with E-state index in [0.29, 0.717) is 12.0 Å². The van der Waals surface area contributed by atoms with Crippen molar-refractivity contribution < 1.29 is 4.79 Å². The predicted molar refractivity (Wildman–Crippen MR) is 76.2 cm³/mol. The SMILES string of the molecule is CN(C)C(=O)n1cc(Cc2cccnc2Br)c(C#N)n1. The lowest BCUT2D eigenvalue weighted by molar-refractivity contribution is 0.216. The smallest absolute Gasteiger partial charge is 0.329 e. The third-order valence-electron chi connectivity index (χ3n) is 2.69. The fourth-order valence-electron chi connectivity index (χ4n) is 1.69. The number of rotatable bonds is 2. The Morgan fingerprint density at radius 2 is 2.25 bits per heavy atom. The zero-order valence-electron chi connectivity index (χ0n) is 11.0. The molecule has 0 bridgehead atoms. The molecule has 7 heteroatoms. The average molecular weight is 334 g/mol. The zero-order valence-corrected chi connectivity index (χ0v) is 12.6. The van der Waals surface area contributed by atoms with E-state index in [1.807, 2.05) is 18.2 Å². The summed E-state index contributed by atoms with van der Waals surface area (Å²) in [5, 5.41) is 13.1. The van der Waals surface area contributed by atoms with Crippen molar-refractivity contribution in [3.05, 3.63) is 46.0 Å². The number of amides is 1. The van der Waals surface area contributed by atoms with Crippen LogP contribution < -0.4 is 0 Å². The monoisotopic (exact) mass is 333 g/mol. The predicted octanol–water partition coefficient (Wildman–Crippen LogP) is 2.03. The molecule has 102 valence electrons. The number of pyridine rings is 1. The molecule has 1 amide bonds. The van der Waals surface area contributed by atoms with Crippen LogP contribution in [0.1, 0.15) is 16.8 Å². The van der Waals surface area contributed by atoms with Gasteiger partial charge in [-0.15, -0.1) is 0 Å². The number of nitriles is 1. The van der Waals surface area contributed by atoms with Gasteiger partial charge in [-0.3, -0.25) is 0 Å². The van der Waals surface area contributed by atoms with E-state index in [1.165, 1.54) is 9.58 Å². The number of carbonyl (C=O) groups excluding carboxylic acids is 1. The molecule has 20 heavy (non-hydrogen) atoms. The summed E-state index contributed by atoms with van der Waals surface area (Å²) in [5.74, 6) is 0. The van der Waals surface area contributed by atoms with Crippen LogP contribution in [0.5, 0.6) is 0 Å². The number of carbonyl (C=O) groups is 1. The maximum absolute atomic E-state index is 11.8. The molecule has 0 aliphatic heterocycles. The normalized spacial score (nSPS) is 10.1. The summed E-state index contributed by atoms with van der Waals surface area (Å²) in [7, 11) is 3.26. The van der Waals surface area contributed by atoms with E-state index < -0.39 is 0 Å². The van der Waals surface area contributed by atoms with Gasteiger partial charge in [0.05, 0.1) is 0 Å². The Hall–Kier alpha value is -2.20. The zero-order chi connectivity index (χ0) is 14.7. The van der Waals surface area contributed by atoms with Crippen LogP contribution in [0.25, 0.3) is 0 Å². The molecule has 2 aromatic heterocycles. The highest BCUT2D eigenvalue weighted by Gasteiger charge is 2.15. The van der Waals surface area contributed by atoms with Gasteiger partial charge in [0.15, 0.2) is 5.69 Å². The Bertz CT molecular complexity index is 686. The summed E-state index contributed by atoms with van der Waals surface area (Å²) >= 11 is 3.36. The number of aromatic nitrogens is 3. The van der Waals surface area contributed by atoms with Crippen molar-refractivity contribution in [1.82, 2.24) is 19.7 Å². The minimum Gasteiger partial charge on any atom is -0.329 e. The molecule has 0 unspecified atom stereocenters. The van der Waals surface area contributed by atoms with Gasteiger partial charge >= 0.3 is 6.03 Å². The molecule has 0 fully saturated rings. The minimum atomic E-state index is -0.294. The third-order valence-corrected chi connectivity index (χ3v) is 3.41. The van der Waals surface area contributed by atoms with Crippen molar-refractivity contribution in [3.63, 3.8) is 0 Å². The Morgan fingerprint density at radius 1 is 1.50 bits per heavy atom. The average Bonchev–Trinajstić information content (AvgIpc) is 2.83. The van der Waals surface area contributed by atoms with Crippen LogP contribution in [0.2, 0.25) is 0 Å². The quantitative estimate of drug-likeness (QED) is 0.788. The number of hydrogen-bond acceptors (Lipinski definition) is 4. The molecule has 0 aromatic carbocycles. The highest BCUT2D eigenvalue weighted by atomic mass is 79.9. The lowest BCUT2D eigenvalue weighted by Crippen LogP contribution is -2.27. The number of halogens is 1. The van der Waals surface area contributed by atoms with E-state index in [0.717, 1.165) is 10.2 Å². The molecule has 0 atom stereocenters. The lowest BCUT2D eigenvalue weighted by Gasteiger charge is -2.08. The molecule has 0 aliphatic rings. The summed E-state index contributed by atoms with van der Waals surface area (Å²) in [5.41, 5.74) is 1.87. The number of nitrogens with zero attached hydrogens (tertiary/aromatic N) is 5. The topological polar surface area (TPSA) is 74.8 Å². The second-order valence-electron chi connectivity index (χ2n) is 4.37. The summed E-state index contributed by atoms with van der Waals surface area (Å²) in [6.07, 6.45) is 3.75. The molecular weight excluding hydrogens is 322 g/mol. The van der Waals surface area contributed by atoms with Crippen LogP contribution in [-0.2, 0) is 6.42 Å². The Morgan fingerprint density at radius 3 is 2.85 bits per heavy atom. The Kier molecular flexibility index (Phi) is 4.15. The summed E-state index contributed by atoms with van der Waals surface area (Å²) in [4.78, 5) is 17.4. The molecule has 0 spiro atoms. The highest BCUT2D eigenvalue weighted by Crippen LogP contribution is 2.19. The van der Waals surface area contributed by atoms with Gasteiger partial charge in [-0.1, -0.05) is 6.07 Å².